The maximum Gasteiger partial charge on any atom is 0.277 e. The number of carbonyl (C=O) groups is 2. The number of fused-ring (bicyclic) bond motifs is 1. The largest absolute Gasteiger partial charge is 0.364 e. The Bertz CT molecular complexity index is 563. The number of thiazole rings is 1. The zero-order chi connectivity index (χ0) is 15.0. The van der Waals surface area contributed by atoms with Crippen LogP contribution in [-0.2, 0) is 11.2 Å². The van der Waals surface area contributed by atoms with Gasteiger partial charge in [-0.3, -0.25) is 9.59 Å². The normalized spacial score (nSPS) is 22.9. The molecule has 1 aliphatic carbocycles. The van der Waals surface area contributed by atoms with E-state index in [0.29, 0.717) is 5.01 Å². The van der Waals surface area contributed by atoms with Gasteiger partial charge in [-0.25, -0.2) is 4.98 Å². The molecule has 0 saturated carbocycles. The SMILES string of the molecule is CN1CCN(C(=O)C2CCCc3sc(C(N)=O)nc32)CC1. The van der Waals surface area contributed by atoms with Crippen molar-refractivity contribution in [3.8, 4) is 0 Å². The van der Waals surface area contributed by atoms with E-state index in [1.807, 2.05) is 4.90 Å². The van der Waals surface area contributed by atoms with E-state index in [2.05, 4.69) is 16.9 Å². The Kier molecular flexibility index (Phi) is 3.95. The molecule has 0 bridgehead atoms. The summed E-state index contributed by atoms with van der Waals surface area (Å²) in [6.07, 6.45) is 2.68. The lowest BCUT2D eigenvalue weighted by atomic mass is 9.89. The van der Waals surface area contributed by atoms with Crippen molar-refractivity contribution in [1.29, 1.82) is 0 Å². The van der Waals surface area contributed by atoms with Gasteiger partial charge >= 0.3 is 0 Å². The Morgan fingerprint density at radius 2 is 2.00 bits per heavy atom. The second-order valence-corrected chi connectivity index (χ2v) is 6.85. The highest BCUT2D eigenvalue weighted by Crippen LogP contribution is 2.36. The number of primary amides is 1. The van der Waals surface area contributed by atoms with Gasteiger partial charge in [-0.1, -0.05) is 0 Å². The first-order chi connectivity index (χ1) is 10.1. The number of aryl methyl sites for hydroxylation is 1. The predicted molar refractivity (Wildman–Crippen MR) is 80.4 cm³/mol. The van der Waals surface area contributed by atoms with Crippen LogP contribution in [0.2, 0.25) is 0 Å². The Labute approximate surface area is 127 Å². The molecule has 3 rings (SSSR count). The van der Waals surface area contributed by atoms with Crippen LogP contribution in [0, 0.1) is 0 Å². The van der Waals surface area contributed by atoms with Crippen molar-refractivity contribution in [2.24, 2.45) is 5.73 Å². The second kappa shape index (κ2) is 5.73. The van der Waals surface area contributed by atoms with Crippen molar-refractivity contribution in [1.82, 2.24) is 14.8 Å². The molecule has 1 fully saturated rings. The molecule has 2 amide bonds. The molecule has 1 aromatic rings. The van der Waals surface area contributed by atoms with Gasteiger partial charge in [-0.2, -0.15) is 0 Å². The monoisotopic (exact) mass is 308 g/mol. The van der Waals surface area contributed by atoms with Gasteiger partial charge in [0.15, 0.2) is 5.01 Å². The minimum Gasteiger partial charge on any atom is -0.364 e. The van der Waals surface area contributed by atoms with Gasteiger partial charge in [0, 0.05) is 31.1 Å². The number of amides is 2. The van der Waals surface area contributed by atoms with Crippen LogP contribution in [0.3, 0.4) is 0 Å². The van der Waals surface area contributed by atoms with E-state index in [4.69, 9.17) is 5.73 Å². The number of likely N-dealkylation sites (N-methyl/N-ethyl adjacent to an activating group) is 1. The highest BCUT2D eigenvalue weighted by Gasteiger charge is 2.34. The van der Waals surface area contributed by atoms with Crippen LogP contribution in [0.4, 0.5) is 0 Å². The third-order valence-corrected chi connectivity index (χ3v) is 5.42. The number of hydrogen-bond donors (Lipinski definition) is 1. The molecule has 0 radical (unpaired) electrons. The lowest BCUT2D eigenvalue weighted by Gasteiger charge is -2.35. The summed E-state index contributed by atoms with van der Waals surface area (Å²) in [5, 5.41) is 0.332. The molecule has 2 heterocycles. The van der Waals surface area contributed by atoms with Crippen LogP contribution >= 0.6 is 11.3 Å². The smallest absolute Gasteiger partial charge is 0.277 e. The summed E-state index contributed by atoms with van der Waals surface area (Å²) in [5.41, 5.74) is 6.11. The van der Waals surface area contributed by atoms with Crippen molar-refractivity contribution in [2.75, 3.05) is 33.2 Å². The summed E-state index contributed by atoms with van der Waals surface area (Å²) in [5.74, 6) is -0.535. The number of nitrogens with zero attached hydrogens (tertiary/aromatic N) is 3. The molecular formula is C14H20N4O2S. The van der Waals surface area contributed by atoms with E-state index in [0.717, 1.165) is 56.0 Å². The van der Waals surface area contributed by atoms with E-state index in [-0.39, 0.29) is 11.8 Å². The van der Waals surface area contributed by atoms with Gasteiger partial charge in [0.05, 0.1) is 11.6 Å². The molecule has 1 unspecified atom stereocenters. The first-order valence-electron chi connectivity index (χ1n) is 7.33. The van der Waals surface area contributed by atoms with Gasteiger partial charge < -0.3 is 15.5 Å². The summed E-state index contributed by atoms with van der Waals surface area (Å²) < 4.78 is 0. The maximum absolute atomic E-state index is 12.8. The van der Waals surface area contributed by atoms with Crippen molar-refractivity contribution >= 4 is 23.2 Å². The summed E-state index contributed by atoms with van der Waals surface area (Å²) in [7, 11) is 2.07. The van der Waals surface area contributed by atoms with Gasteiger partial charge in [-0.15, -0.1) is 11.3 Å². The number of carbonyl (C=O) groups excluding carboxylic acids is 2. The third-order valence-electron chi connectivity index (χ3n) is 4.28. The predicted octanol–water partition coefficient (Wildman–Crippen LogP) is 0.436. The van der Waals surface area contributed by atoms with Gasteiger partial charge in [0.2, 0.25) is 5.91 Å². The first-order valence-corrected chi connectivity index (χ1v) is 8.14. The Morgan fingerprint density at radius 3 is 2.67 bits per heavy atom. The molecule has 6 nitrogen and oxygen atoms in total. The topological polar surface area (TPSA) is 79.5 Å². The summed E-state index contributed by atoms with van der Waals surface area (Å²) in [6.45, 7) is 3.37. The number of hydrogen-bond acceptors (Lipinski definition) is 5. The molecule has 1 atom stereocenters. The highest BCUT2D eigenvalue weighted by atomic mass is 32.1. The van der Waals surface area contributed by atoms with Crippen molar-refractivity contribution < 1.29 is 9.59 Å². The summed E-state index contributed by atoms with van der Waals surface area (Å²) >= 11 is 1.35. The average molecular weight is 308 g/mol. The summed E-state index contributed by atoms with van der Waals surface area (Å²) in [4.78, 5) is 33.6. The molecule has 1 aromatic heterocycles. The number of rotatable bonds is 2. The molecule has 21 heavy (non-hydrogen) atoms. The molecule has 0 spiro atoms. The van der Waals surface area contributed by atoms with E-state index in [9.17, 15) is 9.59 Å². The molecule has 7 heteroatoms. The zero-order valence-electron chi connectivity index (χ0n) is 12.2. The molecule has 2 aliphatic rings. The number of aromatic nitrogens is 1. The van der Waals surface area contributed by atoms with E-state index in [1.54, 1.807) is 0 Å². The third kappa shape index (κ3) is 2.80. The highest BCUT2D eigenvalue weighted by molar-refractivity contribution is 7.13. The fourth-order valence-electron chi connectivity index (χ4n) is 3.01. The molecule has 1 saturated heterocycles. The van der Waals surface area contributed by atoms with Crippen LogP contribution < -0.4 is 5.73 Å². The molecule has 114 valence electrons. The molecular weight excluding hydrogens is 288 g/mol. The number of nitrogens with two attached hydrogens (primary N) is 1. The maximum atomic E-state index is 12.8. The van der Waals surface area contributed by atoms with Gasteiger partial charge in [0.1, 0.15) is 0 Å². The average Bonchev–Trinajstić information content (AvgIpc) is 2.91. The first kappa shape index (κ1) is 14.5. The van der Waals surface area contributed by atoms with E-state index in [1.165, 1.54) is 11.3 Å². The minimum absolute atomic E-state index is 0.158. The van der Waals surface area contributed by atoms with Crippen molar-refractivity contribution in [3.05, 3.63) is 15.6 Å². The Morgan fingerprint density at radius 1 is 1.29 bits per heavy atom. The van der Waals surface area contributed by atoms with Crippen LogP contribution in [-0.4, -0.2) is 59.8 Å². The van der Waals surface area contributed by atoms with E-state index < -0.39 is 5.91 Å². The lowest BCUT2D eigenvalue weighted by molar-refractivity contribution is -0.134. The standard InChI is InChI=1S/C14H20N4O2S/c1-17-5-7-18(8-6-17)14(20)9-3-2-4-10-11(9)16-13(21-10)12(15)19/h9H,2-8H2,1H3,(H2,15,19). The fourth-order valence-corrected chi connectivity index (χ4v) is 4.03. The summed E-state index contributed by atoms with van der Waals surface area (Å²) in [6, 6.07) is 0. The van der Waals surface area contributed by atoms with Crippen LogP contribution in [0.15, 0.2) is 0 Å². The van der Waals surface area contributed by atoms with Gasteiger partial charge in [0.25, 0.3) is 5.91 Å². The van der Waals surface area contributed by atoms with Crippen molar-refractivity contribution in [2.45, 2.75) is 25.2 Å². The molecule has 0 aromatic carbocycles. The van der Waals surface area contributed by atoms with Crippen LogP contribution in [0.5, 0.6) is 0 Å². The Balaban J connectivity index is 1.81. The van der Waals surface area contributed by atoms with Crippen LogP contribution in [0.25, 0.3) is 0 Å². The molecule has 2 N–H and O–H groups in total. The Hall–Kier alpha value is -1.47. The van der Waals surface area contributed by atoms with Gasteiger partial charge in [-0.05, 0) is 26.3 Å². The fraction of sp³-hybridized carbons (Fsp3) is 0.643. The second-order valence-electron chi connectivity index (χ2n) is 5.77. The van der Waals surface area contributed by atoms with Crippen LogP contribution in [0.1, 0.15) is 39.1 Å². The quantitative estimate of drug-likeness (QED) is 0.859. The van der Waals surface area contributed by atoms with E-state index >= 15 is 0 Å². The zero-order valence-corrected chi connectivity index (χ0v) is 13.0. The lowest BCUT2D eigenvalue weighted by Crippen LogP contribution is -2.48. The van der Waals surface area contributed by atoms with Crippen molar-refractivity contribution in [3.63, 3.8) is 0 Å². The molecule has 1 aliphatic heterocycles. The number of piperazine rings is 1. The minimum atomic E-state index is -0.500.